The molecule has 22 heavy (non-hydrogen) atoms. The molecule has 0 aliphatic rings. The lowest BCUT2D eigenvalue weighted by molar-refractivity contribution is 0.577. The van der Waals surface area contributed by atoms with Crippen LogP contribution in [0.5, 0.6) is 0 Å². The summed E-state index contributed by atoms with van der Waals surface area (Å²) in [7, 11) is 0. The van der Waals surface area contributed by atoms with Crippen LogP contribution in [-0.2, 0) is 0 Å². The predicted octanol–water partition coefficient (Wildman–Crippen LogP) is 6.60. The van der Waals surface area contributed by atoms with Crippen molar-refractivity contribution >= 4 is 0 Å². The van der Waals surface area contributed by atoms with Gasteiger partial charge in [-0.1, -0.05) is 39.8 Å². The first-order valence-corrected chi connectivity index (χ1v) is 7.23. The third kappa shape index (κ3) is 9.16. The molecule has 0 nitrogen and oxygen atoms in total. The van der Waals surface area contributed by atoms with Crippen molar-refractivity contribution in [1.29, 1.82) is 0 Å². The van der Waals surface area contributed by atoms with Crippen LogP contribution in [0.25, 0.3) is 0 Å². The van der Waals surface area contributed by atoms with Crippen molar-refractivity contribution in [3.05, 3.63) is 70.8 Å². The SMILES string of the molecule is CC.CC.Cc1ccc(F)cc1F.Cc1ccc(F)cc1F. The molecule has 2 aromatic rings. The van der Waals surface area contributed by atoms with E-state index in [1.165, 1.54) is 24.3 Å². The lowest BCUT2D eigenvalue weighted by Gasteiger charge is -1.92. The molecular weight excluding hydrogens is 292 g/mol. The summed E-state index contributed by atoms with van der Waals surface area (Å²) >= 11 is 0. The Labute approximate surface area is 130 Å². The summed E-state index contributed by atoms with van der Waals surface area (Å²) in [6.07, 6.45) is 0. The highest BCUT2D eigenvalue weighted by Crippen LogP contribution is 2.07. The number of hydrogen-bond acceptors (Lipinski definition) is 0. The maximum Gasteiger partial charge on any atom is 0.129 e. The fraction of sp³-hybridized carbons (Fsp3) is 0.333. The highest BCUT2D eigenvalue weighted by atomic mass is 19.1. The van der Waals surface area contributed by atoms with E-state index in [0.29, 0.717) is 11.1 Å². The molecule has 0 saturated carbocycles. The van der Waals surface area contributed by atoms with E-state index in [4.69, 9.17) is 0 Å². The van der Waals surface area contributed by atoms with Crippen LogP contribution in [0.4, 0.5) is 17.6 Å². The molecule has 0 aromatic heterocycles. The fourth-order valence-corrected chi connectivity index (χ4v) is 1.13. The Morgan fingerprint density at radius 1 is 0.545 bits per heavy atom. The number of aryl methyl sites for hydroxylation is 2. The minimum absolute atomic E-state index is 0.469. The molecule has 0 unspecified atom stereocenters. The van der Waals surface area contributed by atoms with E-state index in [1.807, 2.05) is 27.7 Å². The summed E-state index contributed by atoms with van der Waals surface area (Å²) in [6.45, 7) is 11.2. The van der Waals surface area contributed by atoms with Gasteiger partial charge in [0.1, 0.15) is 23.3 Å². The van der Waals surface area contributed by atoms with Crippen molar-refractivity contribution in [2.45, 2.75) is 41.5 Å². The molecule has 0 heterocycles. The smallest absolute Gasteiger partial charge is 0.129 e. The molecule has 2 aromatic carbocycles. The van der Waals surface area contributed by atoms with E-state index in [9.17, 15) is 17.6 Å². The maximum absolute atomic E-state index is 12.3. The van der Waals surface area contributed by atoms with Gasteiger partial charge in [0.2, 0.25) is 0 Å². The Balaban J connectivity index is 0. The monoisotopic (exact) mass is 316 g/mol. The van der Waals surface area contributed by atoms with E-state index >= 15 is 0 Å². The van der Waals surface area contributed by atoms with Gasteiger partial charge in [-0.2, -0.15) is 0 Å². The van der Waals surface area contributed by atoms with Gasteiger partial charge in [-0.15, -0.1) is 0 Å². The van der Waals surface area contributed by atoms with Gasteiger partial charge in [0.25, 0.3) is 0 Å². The van der Waals surface area contributed by atoms with Crippen molar-refractivity contribution in [3.8, 4) is 0 Å². The molecule has 0 bridgehead atoms. The van der Waals surface area contributed by atoms with Crippen LogP contribution in [0.1, 0.15) is 38.8 Å². The summed E-state index contributed by atoms with van der Waals surface area (Å²) in [6, 6.07) is 7.02. The van der Waals surface area contributed by atoms with Gasteiger partial charge >= 0.3 is 0 Å². The van der Waals surface area contributed by atoms with Gasteiger partial charge in [0, 0.05) is 12.1 Å². The minimum atomic E-state index is -0.530. The van der Waals surface area contributed by atoms with Gasteiger partial charge in [-0.3, -0.25) is 0 Å². The quantitative estimate of drug-likeness (QED) is 0.480. The van der Waals surface area contributed by atoms with Crippen molar-refractivity contribution < 1.29 is 17.6 Å². The minimum Gasteiger partial charge on any atom is -0.207 e. The van der Waals surface area contributed by atoms with Crippen molar-refractivity contribution in [3.63, 3.8) is 0 Å². The number of hydrogen-bond donors (Lipinski definition) is 0. The van der Waals surface area contributed by atoms with Crippen LogP contribution in [0.2, 0.25) is 0 Å². The molecule has 0 spiro atoms. The van der Waals surface area contributed by atoms with E-state index in [1.54, 1.807) is 13.8 Å². The van der Waals surface area contributed by atoms with Crippen LogP contribution in [-0.4, -0.2) is 0 Å². The molecule has 0 fully saturated rings. The Morgan fingerprint density at radius 2 is 0.818 bits per heavy atom. The summed E-state index contributed by atoms with van der Waals surface area (Å²) in [5.41, 5.74) is 0.938. The van der Waals surface area contributed by atoms with Gasteiger partial charge < -0.3 is 0 Å². The van der Waals surface area contributed by atoms with Crippen LogP contribution < -0.4 is 0 Å². The normalized spacial score (nSPS) is 8.45. The molecule has 0 radical (unpaired) electrons. The average molecular weight is 316 g/mol. The first kappa shape index (κ1) is 22.4. The maximum atomic E-state index is 12.3. The first-order valence-electron chi connectivity index (χ1n) is 7.23. The molecule has 0 amide bonds. The van der Waals surface area contributed by atoms with Crippen molar-refractivity contribution in [1.82, 2.24) is 0 Å². The van der Waals surface area contributed by atoms with Crippen molar-refractivity contribution in [2.24, 2.45) is 0 Å². The molecule has 0 aliphatic heterocycles. The largest absolute Gasteiger partial charge is 0.207 e. The second-order valence-electron chi connectivity index (χ2n) is 3.79. The molecule has 0 N–H and O–H groups in total. The first-order chi connectivity index (χ1) is 10.4. The van der Waals surface area contributed by atoms with Gasteiger partial charge in [0.05, 0.1) is 0 Å². The van der Waals surface area contributed by atoms with E-state index < -0.39 is 23.3 Å². The Hall–Kier alpha value is -1.84. The zero-order chi connectivity index (χ0) is 17.7. The summed E-state index contributed by atoms with van der Waals surface area (Å²) in [5, 5.41) is 0. The second kappa shape index (κ2) is 12.9. The lowest BCUT2D eigenvalue weighted by Crippen LogP contribution is -1.81. The molecular formula is C18H24F4. The molecule has 0 atom stereocenters. The zero-order valence-corrected chi connectivity index (χ0v) is 14.0. The van der Waals surface area contributed by atoms with Crippen molar-refractivity contribution in [2.75, 3.05) is 0 Å². The molecule has 4 heteroatoms. The summed E-state index contributed by atoms with van der Waals surface area (Å²) < 4.78 is 48.9. The molecule has 124 valence electrons. The average Bonchev–Trinajstić information content (AvgIpc) is 2.52. The standard InChI is InChI=1S/2C7H6F2.2C2H6/c2*1-5-2-3-6(8)4-7(5)9;2*1-2/h2*2-4H,1H3;2*1-2H3. The summed E-state index contributed by atoms with van der Waals surface area (Å²) in [5.74, 6) is -2.04. The molecule has 0 saturated heterocycles. The van der Waals surface area contributed by atoms with E-state index in [-0.39, 0.29) is 0 Å². The van der Waals surface area contributed by atoms with Crippen LogP contribution in [0.3, 0.4) is 0 Å². The highest BCUT2D eigenvalue weighted by Gasteiger charge is 1.96. The zero-order valence-electron chi connectivity index (χ0n) is 14.0. The van der Waals surface area contributed by atoms with Gasteiger partial charge in [-0.05, 0) is 37.1 Å². The second-order valence-corrected chi connectivity index (χ2v) is 3.79. The molecule has 2 rings (SSSR count). The third-order valence-corrected chi connectivity index (χ3v) is 2.27. The number of benzene rings is 2. The van der Waals surface area contributed by atoms with Crippen LogP contribution in [0, 0.1) is 37.1 Å². The van der Waals surface area contributed by atoms with Crippen LogP contribution in [0.15, 0.2) is 36.4 Å². The summed E-state index contributed by atoms with van der Waals surface area (Å²) in [4.78, 5) is 0. The van der Waals surface area contributed by atoms with E-state index in [2.05, 4.69) is 0 Å². The third-order valence-electron chi connectivity index (χ3n) is 2.27. The Kier molecular flexibility index (Phi) is 13.1. The highest BCUT2D eigenvalue weighted by molar-refractivity contribution is 5.16. The van der Waals surface area contributed by atoms with Gasteiger partial charge in [-0.25, -0.2) is 17.6 Å². The number of rotatable bonds is 0. The van der Waals surface area contributed by atoms with Crippen LogP contribution >= 0.6 is 0 Å². The number of halogens is 4. The molecule has 0 aliphatic carbocycles. The van der Waals surface area contributed by atoms with E-state index in [0.717, 1.165) is 12.1 Å². The predicted molar refractivity (Wildman–Crippen MR) is 84.9 cm³/mol. The van der Waals surface area contributed by atoms with Gasteiger partial charge in [0.15, 0.2) is 0 Å². The Morgan fingerprint density at radius 3 is 1.00 bits per heavy atom. The topological polar surface area (TPSA) is 0 Å². The lowest BCUT2D eigenvalue weighted by atomic mass is 10.2. The Bertz CT molecular complexity index is 487. The fourth-order valence-electron chi connectivity index (χ4n) is 1.13.